The molecule has 0 aromatic heterocycles. The maximum absolute atomic E-state index is 12.2. The lowest BCUT2D eigenvalue weighted by atomic mass is 10.1. The molecule has 2 rings (SSSR count). The maximum Gasteiger partial charge on any atom is 0.338 e. The summed E-state index contributed by atoms with van der Waals surface area (Å²) in [5.41, 5.74) is 2.75. The lowest BCUT2D eigenvalue weighted by Crippen LogP contribution is -2.41. The van der Waals surface area contributed by atoms with Crippen LogP contribution in [0, 0.1) is 6.92 Å². The first-order chi connectivity index (χ1) is 12.0. The van der Waals surface area contributed by atoms with Gasteiger partial charge in [-0.3, -0.25) is 4.79 Å². The predicted octanol–water partition coefficient (Wildman–Crippen LogP) is 3.68. The van der Waals surface area contributed by atoms with Crippen LogP contribution in [0.5, 0.6) is 0 Å². The minimum atomic E-state index is -0.826. The molecule has 0 heterocycles. The standard InChI is InChI=1S/C21H25NO3/c1-15-9-13-19(14-10-15)21(24)25-17(3)20(23)22-16(2)11-12-18-7-5-4-6-8-18/h4-10,13-14,16-17H,11-12H2,1-3H3,(H,22,23)/t16-,17+/m0/s1. The monoisotopic (exact) mass is 339 g/mol. The molecule has 0 unspecified atom stereocenters. The van der Waals surface area contributed by atoms with Crippen molar-refractivity contribution in [1.29, 1.82) is 0 Å². The van der Waals surface area contributed by atoms with E-state index in [1.807, 2.05) is 44.2 Å². The fourth-order valence-corrected chi connectivity index (χ4v) is 2.43. The van der Waals surface area contributed by atoms with Crippen molar-refractivity contribution in [3.63, 3.8) is 0 Å². The van der Waals surface area contributed by atoms with Crippen LogP contribution in [0.3, 0.4) is 0 Å². The number of benzene rings is 2. The van der Waals surface area contributed by atoms with Gasteiger partial charge in [-0.15, -0.1) is 0 Å². The molecule has 25 heavy (non-hydrogen) atoms. The molecular weight excluding hydrogens is 314 g/mol. The molecule has 2 atom stereocenters. The van der Waals surface area contributed by atoms with Crippen molar-refractivity contribution in [3.8, 4) is 0 Å². The van der Waals surface area contributed by atoms with Gasteiger partial charge in [0.1, 0.15) is 0 Å². The number of hydrogen-bond acceptors (Lipinski definition) is 3. The minimum absolute atomic E-state index is 0.00762. The number of hydrogen-bond donors (Lipinski definition) is 1. The van der Waals surface area contributed by atoms with E-state index in [0.717, 1.165) is 18.4 Å². The fourth-order valence-electron chi connectivity index (χ4n) is 2.43. The molecule has 0 aliphatic carbocycles. The largest absolute Gasteiger partial charge is 0.449 e. The van der Waals surface area contributed by atoms with Gasteiger partial charge in [0.05, 0.1) is 5.56 Å². The van der Waals surface area contributed by atoms with Gasteiger partial charge in [-0.25, -0.2) is 4.79 Å². The van der Waals surface area contributed by atoms with Crippen LogP contribution in [-0.4, -0.2) is 24.0 Å². The lowest BCUT2D eigenvalue weighted by molar-refractivity contribution is -0.129. The van der Waals surface area contributed by atoms with E-state index < -0.39 is 12.1 Å². The second-order valence-electron chi connectivity index (χ2n) is 6.35. The lowest BCUT2D eigenvalue weighted by Gasteiger charge is -2.18. The first kappa shape index (κ1) is 18.7. The van der Waals surface area contributed by atoms with Gasteiger partial charge in [0.2, 0.25) is 0 Å². The summed E-state index contributed by atoms with van der Waals surface area (Å²) in [6.45, 7) is 5.49. The molecule has 132 valence electrons. The van der Waals surface area contributed by atoms with Gasteiger partial charge in [0.15, 0.2) is 6.10 Å². The van der Waals surface area contributed by atoms with Crippen molar-refractivity contribution in [2.75, 3.05) is 0 Å². The van der Waals surface area contributed by atoms with Gasteiger partial charge in [0, 0.05) is 6.04 Å². The van der Waals surface area contributed by atoms with Crippen LogP contribution in [0.15, 0.2) is 54.6 Å². The molecule has 2 aromatic rings. The molecule has 0 saturated carbocycles. The average molecular weight is 339 g/mol. The van der Waals surface area contributed by atoms with E-state index in [2.05, 4.69) is 17.4 Å². The Morgan fingerprint density at radius 3 is 2.28 bits per heavy atom. The van der Waals surface area contributed by atoms with Crippen molar-refractivity contribution in [3.05, 3.63) is 71.3 Å². The zero-order valence-corrected chi connectivity index (χ0v) is 15.0. The molecule has 0 aliphatic rings. The number of carbonyl (C=O) groups excluding carboxylic acids is 2. The first-order valence-corrected chi connectivity index (χ1v) is 8.57. The van der Waals surface area contributed by atoms with E-state index in [9.17, 15) is 9.59 Å². The van der Waals surface area contributed by atoms with E-state index in [-0.39, 0.29) is 11.9 Å². The van der Waals surface area contributed by atoms with Crippen LogP contribution < -0.4 is 5.32 Å². The van der Waals surface area contributed by atoms with Crippen molar-refractivity contribution in [1.82, 2.24) is 5.32 Å². The highest BCUT2D eigenvalue weighted by atomic mass is 16.5. The third-order valence-corrected chi connectivity index (χ3v) is 4.04. The van der Waals surface area contributed by atoms with Crippen LogP contribution in [0.4, 0.5) is 0 Å². The van der Waals surface area contributed by atoms with E-state index in [0.29, 0.717) is 5.56 Å². The van der Waals surface area contributed by atoms with Gasteiger partial charge in [-0.05, 0) is 51.3 Å². The Hall–Kier alpha value is -2.62. The summed E-state index contributed by atoms with van der Waals surface area (Å²) in [5.74, 6) is -0.763. The third-order valence-electron chi connectivity index (χ3n) is 4.04. The maximum atomic E-state index is 12.2. The SMILES string of the molecule is Cc1ccc(C(=O)O[C@H](C)C(=O)N[C@@H](C)CCc2ccccc2)cc1. The molecule has 0 fully saturated rings. The van der Waals surface area contributed by atoms with Crippen LogP contribution in [-0.2, 0) is 16.0 Å². The Bertz CT molecular complexity index is 695. The predicted molar refractivity (Wildman–Crippen MR) is 98.4 cm³/mol. The number of nitrogens with one attached hydrogen (secondary N) is 1. The number of rotatable bonds is 7. The molecule has 1 amide bonds. The van der Waals surface area contributed by atoms with E-state index >= 15 is 0 Å². The number of ether oxygens (including phenoxy) is 1. The number of esters is 1. The summed E-state index contributed by atoms with van der Waals surface area (Å²) in [5, 5.41) is 2.90. The fraction of sp³-hybridized carbons (Fsp3) is 0.333. The zero-order chi connectivity index (χ0) is 18.2. The quantitative estimate of drug-likeness (QED) is 0.783. The zero-order valence-electron chi connectivity index (χ0n) is 15.0. The van der Waals surface area contributed by atoms with Crippen LogP contribution in [0.2, 0.25) is 0 Å². The summed E-state index contributed by atoms with van der Waals surface area (Å²) in [6.07, 6.45) is 0.891. The van der Waals surface area contributed by atoms with Crippen LogP contribution in [0.25, 0.3) is 0 Å². The molecule has 0 spiro atoms. The van der Waals surface area contributed by atoms with Crippen molar-refractivity contribution >= 4 is 11.9 Å². The highest BCUT2D eigenvalue weighted by Crippen LogP contribution is 2.08. The third kappa shape index (κ3) is 6.07. The highest BCUT2D eigenvalue weighted by molar-refractivity contribution is 5.92. The molecule has 2 aromatic carbocycles. The number of aryl methyl sites for hydroxylation is 2. The van der Waals surface area contributed by atoms with Crippen molar-refractivity contribution in [2.24, 2.45) is 0 Å². The second-order valence-corrected chi connectivity index (χ2v) is 6.35. The second kappa shape index (κ2) is 9.02. The number of carbonyl (C=O) groups is 2. The minimum Gasteiger partial charge on any atom is -0.449 e. The Balaban J connectivity index is 1.79. The van der Waals surface area contributed by atoms with Crippen molar-refractivity contribution in [2.45, 2.75) is 45.8 Å². The van der Waals surface area contributed by atoms with Gasteiger partial charge in [-0.2, -0.15) is 0 Å². The highest BCUT2D eigenvalue weighted by Gasteiger charge is 2.20. The molecule has 1 N–H and O–H groups in total. The number of amides is 1. The van der Waals surface area contributed by atoms with Crippen LogP contribution >= 0.6 is 0 Å². The normalized spacial score (nSPS) is 12.9. The van der Waals surface area contributed by atoms with Crippen LogP contribution in [0.1, 0.15) is 41.8 Å². The van der Waals surface area contributed by atoms with Crippen molar-refractivity contribution < 1.29 is 14.3 Å². The van der Waals surface area contributed by atoms with Gasteiger partial charge in [0.25, 0.3) is 5.91 Å². The smallest absolute Gasteiger partial charge is 0.338 e. The first-order valence-electron chi connectivity index (χ1n) is 8.57. The molecule has 4 nitrogen and oxygen atoms in total. The Labute approximate surface area is 149 Å². The molecule has 0 saturated heterocycles. The Kier molecular flexibility index (Phi) is 6.75. The summed E-state index contributed by atoms with van der Waals surface area (Å²) >= 11 is 0. The van der Waals surface area contributed by atoms with Gasteiger partial charge < -0.3 is 10.1 Å². The van der Waals surface area contributed by atoms with Gasteiger partial charge >= 0.3 is 5.97 Å². The van der Waals surface area contributed by atoms with E-state index in [1.54, 1.807) is 19.1 Å². The molecule has 4 heteroatoms. The summed E-state index contributed by atoms with van der Waals surface area (Å²) < 4.78 is 5.25. The molecule has 0 radical (unpaired) electrons. The average Bonchev–Trinajstić information content (AvgIpc) is 2.61. The van der Waals surface area contributed by atoms with E-state index in [1.165, 1.54) is 5.56 Å². The summed E-state index contributed by atoms with van der Waals surface area (Å²) in [7, 11) is 0. The molecule has 0 bridgehead atoms. The summed E-state index contributed by atoms with van der Waals surface area (Å²) in [4.78, 5) is 24.3. The summed E-state index contributed by atoms with van der Waals surface area (Å²) in [6, 6.07) is 17.2. The topological polar surface area (TPSA) is 55.4 Å². The Morgan fingerprint density at radius 2 is 1.64 bits per heavy atom. The van der Waals surface area contributed by atoms with E-state index in [4.69, 9.17) is 4.74 Å². The Morgan fingerprint density at radius 1 is 1.00 bits per heavy atom. The molecule has 0 aliphatic heterocycles. The van der Waals surface area contributed by atoms with Gasteiger partial charge in [-0.1, -0.05) is 48.0 Å². The molecular formula is C21H25NO3.